The summed E-state index contributed by atoms with van der Waals surface area (Å²) in [6.07, 6.45) is 0. The number of aromatic carboxylic acids is 1. The van der Waals surface area contributed by atoms with Crippen molar-refractivity contribution in [2.45, 2.75) is 13.5 Å². The fourth-order valence-corrected chi connectivity index (χ4v) is 2.21. The molecule has 0 aliphatic carbocycles. The lowest BCUT2D eigenvalue weighted by molar-refractivity contribution is 0.0690. The summed E-state index contributed by atoms with van der Waals surface area (Å²) in [6, 6.07) is 9.39. The average molecular weight is 308 g/mol. The Hall–Kier alpha value is -2.27. The van der Waals surface area contributed by atoms with E-state index in [0.29, 0.717) is 5.69 Å². The molecular formula is C15H14ClNO4. The number of hydrogen-bond acceptors (Lipinski definition) is 4. The summed E-state index contributed by atoms with van der Waals surface area (Å²) in [5, 5.41) is 9.17. The fourth-order valence-electron chi connectivity index (χ4n) is 1.92. The number of nitrogens with zero attached hydrogens (tertiary/aromatic N) is 1. The van der Waals surface area contributed by atoms with Crippen LogP contribution in [0.2, 0.25) is 5.15 Å². The van der Waals surface area contributed by atoms with Gasteiger partial charge in [0.1, 0.15) is 17.3 Å². The summed E-state index contributed by atoms with van der Waals surface area (Å²) in [6.45, 7) is 1.88. The van der Waals surface area contributed by atoms with Gasteiger partial charge in [0.2, 0.25) is 0 Å². The van der Waals surface area contributed by atoms with Crippen LogP contribution < -0.4 is 9.47 Å². The van der Waals surface area contributed by atoms with Gasteiger partial charge in [0, 0.05) is 0 Å². The molecule has 0 radical (unpaired) electrons. The number of ether oxygens (including phenoxy) is 2. The Balaban J connectivity index is 2.42. The highest BCUT2D eigenvalue weighted by atomic mass is 35.5. The first-order valence-electron chi connectivity index (χ1n) is 6.18. The molecule has 6 heteroatoms. The van der Waals surface area contributed by atoms with E-state index in [1.165, 1.54) is 7.11 Å². The van der Waals surface area contributed by atoms with Crippen LogP contribution in [0.1, 0.15) is 21.6 Å². The van der Waals surface area contributed by atoms with E-state index in [1.807, 2.05) is 30.3 Å². The minimum Gasteiger partial charge on any atom is -0.491 e. The predicted molar refractivity (Wildman–Crippen MR) is 78.3 cm³/mol. The first-order chi connectivity index (χ1) is 10.0. The van der Waals surface area contributed by atoms with Crippen LogP contribution in [-0.2, 0) is 6.61 Å². The number of benzene rings is 1. The number of halogens is 1. The van der Waals surface area contributed by atoms with Crippen molar-refractivity contribution in [2.75, 3.05) is 7.11 Å². The lowest BCUT2D eigenvalue weighted by Crippen LogP contribution is -2.09. The normalized spacial score (nSPS) is 10.2. The lowest BCUT2D eigenvalue weighted by atomic mass is 10.2. The van der Waals surface area contributed by atoms with Gasteiger partial charge in [0.25, 0.3) is 0 Å². The maximum Gasteiger partial charge on any atom is 0.342 e. The van der Waals surface area contributed by atoms with Crippen molar-refractivity contribution in [3.8, 4) is 11.5 Å². The summed E-state index contributed by atoms with van der Waals surface area (Å²) >= 11 is 5.91. The second kappa shape index (κ2) is 6.45. The Labute approximate surface area is 127 Å². The molecule has 1 N–H and O–H groups in total. The van der Waals surface area contributed by atoms with Gasteiger partial charge in [-0.15, -0.1) is 0 Å². The third-order valence-electron chi connectivity index (χ3n) is 2.88. The number of carboxylic acids is 1. The monoisotopic (exact) mass is 307 g/mol. The molecule has 110 valence electrons. The zero-order valence-electron chi connectivity index (χ0n) is 11.6. The molecule has 0 aliphatic rings. The van der Waals surface area contributed by atoms with Gasteiger partial charge in [-0.3, -0.25) is 0 Å². The minimum absolute atomic E-state index is 0.0892. The molecule has 0 atom stereocenters. The third-order valence-corrected chi connectivity index (χ3v) is 3.15. The van der Waals surface area contributed by atoms with Crippen molar-refractivity contribution in [3.05, 3.63) is 52.3 Å². The standard InChI is InChI=1S/C15H14ClNO4/c1-9-12(20-2)13(11(15(18)19)14(16)17-9)21-8-10-6-4-3-5-7-10/h3-7H,8H2,1-2H3,(H,18,19). The Bertz CT molecular complexity index is 658. The molecule has 1 heterocycles. The molecule has 21 heavy (non-hydrogen) atoms. The van der Waals surface area contributed by atoms with Crippen LogP contribution in [0.5, 0.6) is 11.5 Å². The largest absolute Gasteiger partial charge is 0.491 e. The summed E-state index contributed by atoms with van der Waals surface area (Å²) in [5.74, 6) is -0.854. The molecule has 5 nitrogen and oxygen atoms in total. The number of carboxylic acid groups (broad SMARTS) is 1. The number of aryl methyl sites for hydroxylation is 1. The molecule has 2 rings (SSSR count). The van der Waals surface area contributed by atoms with Gasteiger partial charge in [-0.1, -0.05) is 41.9 Å². The maximum absolute atomic E-state index is 11.4. The van der Waals surface area contributed by atoms with Crippen molar-refractivity contribution >= 4 is 17.6 Å². The summed E-state index contributed by atoms with van der Waals surface area (Å²) in [5.41, 5.74) is 1.17. The Morgan fingerprint density at radius 2 is 1.95 bits per heavy atom. The zero-order chi connectivity index (χ0) is 15.4. The summed E-state index contributed by atoms with van der Waals surface area (Å²) < 4.78 is 10.8. The van der Waals surface area contributed by atoms with E-state index in [4.69, 9.17) is 21.1 Å². The van der Waals surface area contributed by atoms with Crippen molar-refractivity contribution in [3.63, 3.8) is 0 Å². The molecule has 0 unspecified atom stereocenters. The quantitative estimate of drug-likeness (QED) is 0.858. The second-order valence-electron chi connectivity index (χ2n) is 4.30. The SMILES string of the molecule is COc1c(C)nc(Cl)c(C(=O)O)c1OCc1ccccc1. The predicted octanol–water partition coefficient (Wildman–Crippen LogP) is 3.33. The molecule has 0 saturated heterocycles. The van der Waals surface area contributed by atoms with Crippen molar-refractivity contribution in [1.29, 1.82) is 0 Å². The number of rotatable bonds is 5. The Morgan fingerprint density at radius 1 is 1.29 bits per heavy atom. The molecule has 0 amide bonds. The van der Waals surface area contributed by atoms with Gasteiger partial charge in [-0.05, 0) is 12.5 Å². The van der Waals surface area contributed by atoms with Crippen LogP contribution in [0.4, 0.5) is 0 Å². The first-order valence-corrected chi connectivity index (χ1v) is 6.56. The third kappa shape index (κ3) is 3.25. The number of pyridine rings is 1. The second-order valence-corrected chi connectivity index (χ2v) is 4.66. The lowest BCUT2D eigenvalue weighted by Gasteiger charge is -2.15. The van der Waals surface area contributed by atoms with Gasteiger partial charge in [0.15, 0.2) is 11.5 Å². The van der Waals surface area contributed by atoms with Crippen molar-refractivity contribution in [1.82, 2.24) is 4.98 Å². The van der Waals surface area contributed by atoms with Gasteiger partial charge >= 0.3 is 5.97 Å². The minimum atomic E-state index is -1.21. The van der Waals surface area contributed by atoms with E-state index in [2.05, 4.69) is 4.98 Å². The smallest absolute Gasteiger partial charge is 0.342 e. The van der Waals surface area contributed by atoms with Crippen LogP contribution in [0, 0.1) is 6.92 Å². The van der Waals surface area contributed by atoms with Crippen LogP contribution in [0.25, 0.3) is 0 Å². The van der Waals surface area contributed by atoms with Gasteiger partial charge in [0.05, 0.1) is 12.8 Å². The van der Waals surface area contributed by atoms with E-state index >= 15 is 0 Å². The zero-order valence-corrected chi connectivity index (χ0v) is 12.3. The molecule has 0 spiro atoms. The number of methoxy groups -OCH3 is 1. The van der Waals surface area contributed by atoms with Crippen LogP contribution >= 0.6 is 11.6 Å². The molecule has 0 saturated carbocycles. The van der Waals surface area contributed by atoms with E-state index in [9.17, 15) is 9.90 Å². The summed E-state index contributed by atoms with van der Waals surface area (Å²) in [7, 11) is 1.43. The highest BCUT2D eigenvalue weighted by Gasteiger charge is 2.24. The highest BCUT2D eigenvalue weighted by Crippen LogP contribution is 2.37. The van der Waals surface area contributed by atoms with Gasteiger partial charge in [-0.2, -0.15) is 0 Å². The Kier molecular flexibility index (Phi) is 4.65. The van der Waals surface area contributed by atoms with Crippen molar-refractivity contribution in [2.24, 2.45) is 0 Å². The molecule has 1 aromatic carbocycles. The van der Waals surface area contributed by atoms with Crippen LogP contribution in [-0.4, -0.2) is 23.2 Å². The molecule has 1 aromatic heterocycles. The van der Waals surface area contributed by atoms with E-state index in [-0.39, 0.29) is 28.8 Å². The molecule has 0 aliphatic heterocycles. The van der Waals surface area contributed by atoms with E-state index in [0.717, 1.165) is 5.56 Å². The first kappa shape index (κ1) is 15.1. The Morgan fingerprint density at radius 3 is 2.52 bits per heavy atom. The van der Waals surface area contributed by atoms with Crippen LogP contribution in [0.3, 0.4) is 0 Å². The topological polar surface area (TPSA) is 68.7 Å². The molecule has 2 aromatic rings. The molecule has 0 bridgehead atoms. The van der Waals surface area contributed by atoms with Gasteiger partial charge in [-0.25, -0.2) is 9.78 Å². The number of aromatic nitrogens is 1. The number of carbonyl (C=O) groups is 1. The van der Waals surface area contributed by atoms with Crippen LogP contribution in [0.15, 0.2) is 30.3 Å². The summed E-state index contributed by atoms with van der Waals surface area (Å²) in [4.78, 5) is 15.3. The fraction of sp³-hybridized carbons (Fsp3) is 0.200. The molecular weight excluding hydrogens is 294 g/mol. The average Bonchev–Trinajstić information content (AvgIpc) is 2.45. The maximum atomic E-state index is 11.4. The highest BCUT2D eigenvalue weighted by molar-refractivity contribution is 6.32. The number of hydrogen-bond donors (Lipinski definition) is 1. The van der Waals surface area contributed by atoms with E-state index in [1.54, 1.807) is 6.92 Å². The van der Waals surface area contributed by atoms with Gasteiger partial charge < -0.3 is 14.6 Å². The molecule has 0 fully saturated rings. The van der Waals surface area contributed by atoms with E-state index < -0.39 is 5.97 Å². The van der Waals surface area contributed by atoms with Crippen molar-refractivity contribution < 1.29 is 19.4 Å².